The highest BCUT2D eigenvalue weighted by Gasteiger charge is 2.55. The molecule has 2 fully saturated rings. The van der Waals surface area contributed by atoms with Gasteiger partial charge in [0.2, 0.25) is 5.91 Å². The number of rotatable bonds is 4. The second-order valence-corrected chi connectivity index (χ2v) is 12.2. The molecule has 0 unspecified atom stereocenters. The number of carbonyl (C=O) groups is 1. The van der Waals surface area contributed by atoms with E-state index in [1.54, 1.807) is 4.57 Å². The molecule has 0 spiro atoms. The fourth-order valence-corrected chi connectivity index (χ4v) is 9.47. The van der Waals surface area contributed by atoms with Gasteiger partial charge in [-0.1, -0.05) is 47.2 Å². The standard InChI is InChI=1S/C26H25ClN2O2S2/c1-14-3-2-4-19(11-14)28-20(30)13-29-25-24(33-26(29)31)21(15-7-9-18(27)10-8-15)22-16-5-6-17(12-16)23(22)32-25/h2-4,7-11,16-17,21-23H,5-6,12-13H2,1H3,(H,28,30)/t16-,17+,21+,22+,23+/m1/s1. The molecule has 1 aromatic heterocycles. The molecule has 1 aliphatic heterocycles. The van der Waals surface area contributed by atoms with Crippen LogP contribution in [0.2, 0.25) is 5.02 Å². The highest BCUT2D eigenvalue weighted by molar-refractivity contribution is 8.00. The van der Waals surface area contributed by atoms with Crippen LogP contribution < -0.4 is 10.2 Å². The number of nitrogens with zero attached hydrogens (tertiary/aromatic N) is 1. The van der Waals surface area contributed by atoms with Crippen molar-refractivity contribution in [2.45, 2.75) is 48.9 Å². The van der Waals surface area contributed by atoms with Crippen molar-refractivity contribution < 1.29 is 4.79 Å². The Hall–Kier alpha value is -2.02. The van der Waals surface area contributed by atoms with E-state index in [1.165, 1.54) is 36.2 Å². The van der Waals surface area contributed by atoms with Gasteiger partial charge in [-0.3, -0.25) is 14.2 Å². The van der Waals surface area contributed by atoms with Gasteiger partial charge < -0.3 is 5.32 Å². The summed E-state index contributed by atoms with van der Waals surface area (Å²) in [6.07, 6.45) is 3.86. The van der Waals surface area contributed by atoms with Gasteiger partial charge in [0.05, 0.1) is 5.03 Å². The summed E-state index contributed by atoms with van der Waals surface area (Å²) in [5.74, 6) is 2.02. The van der Waals surface area contributed by atoms with Crippen LogP contribution in [-0.4, -0.2) is 15.7 Å². The molecule has 1 N–H and O–H groups in total. The number of fused-ring (bicyclic) bond motifs is 6. The average molecular weight is 497 g/mol. The molecule has 7 heteroatoms. The van der Waals surface area contributed by atoms with Crippen LogP contribution in [0, 0.1) is 24.7 Å². The highest BCUT2D eigenvalue weighted by atomic mass is 35.5. The van der Waals surface area contributed by atoms with E-state index in [2.05, 4.69) is 17.4 Å². The first-order chi connectivity index (χ1) is 16.0. The van der Waals surface area contributed by atoms with Gasteiger partial charge in [0.25, 0.3) is 0 Å². The third kappa shape index (κ3) is 3.76. The maximum Gasteiger partial charge on any atom is 0.308 e. The summed E-state index contributed by atoms with van der Waals surface area (Å²) < 4.78 is 1.71. The SMILES string of the molecule is Cc1cccc(NC(=O)Cn2c3c(sc2=O)[C@@H](c2ccc(Cl)cc2)[C@@H]2[C@@H]4CC[C@@H](C4)[C@@H]2S3)c1. The molecule has 4 nitrogen and oxygen atoms in total. The highest BCUT2D eigenvalue weighted by Crippen LogP contribution is 2.64. The fraction of sp³-hybridized carbons (Fsp3) is 0.385. The van der Waals surface area contributed by atoms with Crippen molar-refractivity contribution in [2.24, 2.45) is 17.8 Å². The molecule has 2 saturated carbocycles. The quantitative estimate of drug-likeness (QED) is 0.470. The molecule has 5 atom stereocenters. The Balaban J connectivity index is 1.37. The molecule has 6 rings (SSSR count). The summed E-state index contributed by atoms with van der Waals surface area (Å²) in [7, 11) is 0. The van der Waals surface area contributed by atoms with Crippen LogP contribution in [-0.2, 0) is 11.3 Å². The molecule has 170 valence electrons. The first-order valence-electron chi connectivity index (χ1n) is 11.5. The third-order valence-electron chi connectivity index (χ3n) is 7.52. The Labute approximate surface area is 206 Å². The monoisotopic (exact) mass is 496 g/mol. The van der Waals surface area contributed by atoms with Gasteiger partial charge in [0.15, 0.2) is 0 Å². The van der Waals surface area contributed by atoms with Crippen LogP contribution in [0.15, 0.2) is 58.4 Å². The summed E-state index contributed by atoms with van der Waals surface area (Å²) in [4.78, 5) is 27.1. The fourth-order valence-electron chi connectivity index (χ4n) is 6.20. The van der Waals surface area contributed by atoms with Gasteiger partial charge >= 0.3 is 4.87 Å². The van der Waals surface area contributed by atoms with E-state index in [4.69, 9.17) is 11.6 Å². The van der Waals surface area contributed by atoms with Gasteiger partial charge in [-0.2, -0.15) is 0 Å². The largest absolute Gasteiger partial charge is 0.325 e. The maximum absolute atomic E-state index is 13.1. The summed E-state index contributed by atoms with van der Waals surface area (Å²) in [6.45, 7) is 2.04. The Morgan fingerprint density at radius 2 is 1.94 bits per heavy atom. The lowest BCUT2D eigenvalue weighted by atomic mass is 9.75. The molecule has 0 saturated heterocycles. The minimum Gasteiger partial charge on any atom is -0.325 e. The van der Waals surface area contributed by atoms with Gasteiger partial charge in [-0.05, 0) is 79.3 Å². The predicted molar refractivity (Wildman–Crippen MR) is 136 cm³/mol. The molecular weight excluding hydrogens is 472 g/mol. The van der Waals surface area contributed by atoms with Gasteiger partial charge in [0.1, 0.15) is 6.54 Å². The molecular formula is C26H25ClN2O2S2. The number of thioether (sulfide) groups is 1. The number of aromatic nitrogens is 1. The van der Waals surface area contributed by atoms with Gasteiger partial charge in [-0.25, -0.2) is 0 Å². The van der Waals surface area contributed by atoms with Crippen LogP contribution in [0.3, 0.4) is 0 Å². The zero-order valence-corrected chi connectivity index (χ0v) is 20.7. The van der Waals surface area contributed by atoms with E-state index in [-0.39, 0.29) is 23.2 Å². The molecule has 2 bridgehead atoms. The molecule has 0 radical (unpaired) electrons. The smallest absolute Gasteiger partial charge is 0.308 e. The van der Waals surface area contributed by atoms with E-state index in [9.17, 15) is 9.59 Å². The second-order valence-electron chi connectivity index (χ2n) is 9.56. The molecule has 1 amide bonds. The number of halogens is 1. The number of benzene rings is 2. The maximum atomic E-state index is 13.1. The summed E-state index contributed by atoms with van der Waals surface area (Å²) >= 11 is 9.37. The number of hydrogen-bond donors (Lipinski definition) is 1. The zero-order valence-electron chi connectivity index (χ0n) is 18.3. The second kappa shape index (κ2) is 8.33. The van der Waals surface area contributed by atoms with Crippen LogP contribution in [0.1, 0.15) is 41.2 Å². The van der Waals surface area contributed by atoms with Crippen molar-refractivity contribution in [1.82, 2.24) is 4.57 Å². The molecule has 2 aliphatic carbocycles. The Kier molecular flexibility index (Phi) is 5.43. The number of aryl methyl sites for hydroxylation is 1. The van der Waals surface area contributed by atoms with Crippen molar-refractivity contribution in [1.29, 1.82) is 0 Å². The number of anilines is 1. The molecule has 2 heterocycles. The summed E-state index contributed by atoms with van der Waals surface area (Å²) in [5.41, 5.74) is 3.08. The van der Waals surface area contributed by atoms with Crippen molar-refractivity contribution in [3.05, 3.63) is 79.2 Å². The zero-order chi connectivity index (χ0) is 22.7. The number of hydrogen-bond acceptors (Lipinski definition) is 4. The van der Waals surface area contributed by atoms with Crippen LogP contribution >= 0.6 is 34.7 Å². The lowest BCUT2D eigenvalue weighted by Crippen LogP contribution is -2.34. The average Bonchev–Trinajstić information content (AvgIpc) is 3.48. The van der Waals surface area contributed by atoms with Gasteiger partial charge in [0, 0.05) is 26.8 Å². The topological polar surface area (TPSA) is 51.1 Å². The normalized spacial score (nSPS) is 27.3. The first kappa shape index (κ1) is 21.5. The molecule has 33 heavy (non-hydrogen) atoms. The van der Waals surface area contributed by atoms with Crippen LogP contribution in [0.5, 0.6) is 0 Å². The van der Waals surface area contributed by atoms with E-state index in [1.807, 2.05) is 55.1 Å². The predicted octanol–water partition coefficient (Wildman–Crippen LogP) is 6.16. The number of carbonyl (C=O) groups excluding carboxylic acids is 1. The Morgan fingerprint density at radius 1 is 1.15 bits per heavy atom. The van der Waals surface area contributed by atoms with E-state index in [0.717, 1.165) is 32.1 Å². The summed E-state index contributed by atoms with van der Waals surface area (Å²) in [6, 6.07) is 15.9. The van der Waals surface area contributed by atoms with E-state index in [0.29, 0.717) is 17.1 Å². The lowest BCUT2D eigenvalue weighted by Gasteiger charge is -2.40. The third-order valence-corrected chi connectivity index (χ3v) is 10.6. The van der Waals surface area contributed by atoms with Gasteiger partial charge in [-0.15, -0.1) is 11.8 Å². The van der Waals surface area contributed by atoms with Crippen molar-refractivity contribution in [3.63, 3.8) is 0 Å². The molecule has 3 aliphatic rings. The van der Waals surface area contributed by atoms with Crippen LogP contribution in [0.4, 0.5) is 5.69 Å². The number of nitrogens with one attached hydrogen (secondary N) is 1. The van der Waals surface area contributed by atoms with Crippen LogP contribution in [0.25, 0.3) is 0 Å². The summed E-state index contributed by atoms with van der Waals surface area (Å²) in [5, 5.41) is 5.20. The van der Waals surface area contributed by atoms with E-state index >= 15 is 0 Å². The lowest BCUT2D eigenvalue weighted by molar-refractivity contribution is -0.116. The first-order valence-corrected chi connectivity index (χ1v) is 13.6. The van der Waals surface area contributed by atoms with Crippen molar-refractivity contribution >= 4 is 46.3 Å². The minimum absolute atomic E-state index is 0.0434. The van der Waals surface area contributed by atoms with E-state index < -0.39 is 0 Å². The Morgan fingerprint density at radius 3 is 2.73 bits per heavy atom. The number of amides is 1. The number of thiazole rings is 1. The molecule has 3 aromatic rings. The minimum atomic E-state index is -0.165. The molecule has 2 aromatic carbocycles. The Bertz CT molecular complexity index is 1280. The van der Waals surface area contributed by atoms with Crippen molar-refractivity contribution in [3.8, 4) is 0 Å². The van der Waals surface area contributed by atoms with Crippen molar-refractivity contribution in [2.75, 3.05) is 5.32 Å².